The molecule has 0 radical (unpaired) electrons. The van der Waals surface area contributed by atoms with E-state index in [9.17, 15) is 0 Å². The summed E-state index contributed by atoms with van der Waals surface area (Å²) in [5, 5.41) is 0. The molecule has 0 heterocycles. The van der Waals surface area contributed by atoms with Crippen molar-refractivity contribution in [1.29, 1.82) is 0 Å². The fourth-order valence-corrected chi connectivity index (χ4v) is 2.01. The van der Waals surface area contributed by atoms with E-state index in [1.807, 2.05) is 21.0 Å². The minimum Gasteiger partial charge on any atom is -0.496 e. The summed E-state index contributed by atoms with van der Waals surface area (Å²) in [7, 11) is 5.77. The number of nitrogens with zero attached hydrogens (tertiary/aromatic N) is 1. The number of methoxy groups -OCH3 is 1. The van der Waals surface area contributed by atoms with Gasteiger partial charge in [-0.2, -0.15) is 0 Å². The van der Waals surface area contributed by atoms with Crippen molar-refractivity contribution >= 4 is 0 Å². The molecule has 1 rings (SSSR count). The summed E-state index contributed by atoms with van der Waals surface area (Å²) in [6.07, 6.45) is 0. The molecule has 17 heavy (non-hydrogen) atoms. The number of hydrazine groups is 1. The van der Waals surface area contributed by atoms with Crippen molar-refractivity contribution in [2.75, 3.05) is 27.7 Å². The Hall–Kier alpha value is -1.10. The predicted molar refractivity (Wildman–Crippen MR) is 71.1 cm³/mol. The van der Waals surface area contributed by atoms with Crippen LogP contribution in [0.1, 0.15) is 22.7 Å². The molecule has 0 amide bonds. The van der Waals surface area contributed by atoms with Crippen molar-refractivity contribution < 1.29 is 4.74 Å². The smallest absolute Gasteiger partial charge is 0.122 e. The number of aryl methyl sites for hydroxylation is 2. The van der Waals surface area contributed by atoms with E-state index >= 15 is 0 Å². The lowest BCUT2D eigenvalue weighted by atomic mass is 9.98. The number of benzene rings is 1. The van der Waals surface area contributed by atoms with Gasteiger partial charge in [-0.15, -0.1) is 0 Å². The van der Waals surface area contributed by atoms with Gasteiger partial charge in [-0.1, -0.05) is 6.07 Å². The van der Waals surface area contributed by atoms with E-state index in [0.717, 1.165) is 17.9 Å². The van der Waals surface area contributed by atoms with E-state index in [0.29, 0.717) is 0 Å². The first-order valence-corrected chi connectivity index (χ1v) is 5.75. The third-order valence-corrected chi connectivity index (χ3v) is 2.91. The fraction of sp³-hybridized carbons (Fsp3) is 0.538. The lowest BCUT2D eigenvalue weighted by molar-refractivity contribution is 0.343. The maximum Gasteiger partial charge on any atom is 0.122 e. The first kappa shape index (κ1) is 14.0. The highest BCUT2D eigenvalue weighted by Crippen LogP contribution is 2.26. The molecule has 1 atom stereocenters. The van der Waals surface area contributed by atoms with Gasteiger partial charge in [0, 0.05) is 6.54 Å². The van der Waals surface area contributed by atoms with Crippen LogP contribution in [-0.2, 0) is 0 Å². The number of hydrogen-bond donors (Lipinski definition) is 2. The van der Waals surface area contributed by atoms with Crippen molar-refractivity contribution in [3.8, 4) is 5.75 Å². The molecule has 4 heteroatoms. The number of nitrogens with two attached hydrogens (primary N) is 1. The van der Waals surface area contributed by atoms with Crippen molar-refractivity contribution in [2.45, 2.75) is 19.9 Å². The summed E-state index contributed by atoms with van der Waals surface area (Å²) in [5.41, 5.74) is 6.42. The van der Waals surface area contributed by atoms with Crippen LogP contribution in [0.4, 0.5) is 0 Å². The number of rotatable bonds is 5. The number of likely N-dealkylation sites (N-methyl/N-ethyl adjacent to an activating group) is 1. The lowest BCUT2D eigenvalue weighted by Crippen LogP contribution is -2.35. The van der Waals surface area contributed by atoms with Gasteiger partial charge in [-0.05, 0) is 50.7 Å². The molecule has 0 aromatic heterocycles. The van der Waals surface area contributed by atoms with Crippen molar-refractivity contribution in [2.24, 2.45) is 5.84 Å². The topological polar surface area (TPSA) is 50.5 Å². The molecular formula is C13H23N3O. The highest BCUT2D eigenvalue weighted by Gasteiger charge is 2.15. The molecule has 1 unspecified atom stereocenters. The zero-order valence-electron chi connectivity index (χ0n) is 11.4. The molecular weight excluding hydrogens is 214 g/mol. The van der Waals surface area contributed by atoms with E-state index in [4.69, 9.17) is 10.6 Å². The third kappa shape index (κ3) is 3.43. The second-order valence-electron chi connectivity index (χ2n) is 4.66. The van der Waals surface area contributed by atoms with Gasteiger partial charge in [0.25, 0.3) is 0 Å². The molecule has 0 aliphatic heterocycles. The summed E-state index contributed by atoms with van der Waals surface area (Å²) >= 11 is 0. The minimum absolute atomic E-state index is 0.134. The summed E-state index contributed by atoms with van der Waals surface area (Å²) in [6.45, 7) is 4.99. The van der Waals surface area contributed by atoms with Crippen molar-refractivity contribution in [3.63, 3.8) is 0 Å². The average Bonchev–Trinajstić information content (AvgIpc) is 2.28. The normalized spacial score (nSPS) is 12.9. The van der Waals surface area contributed by atoms with E-state index in [1.54, 1.807) is 7.11 Å². The van der Waals surface area contributed by atoms with Crippen LogP contribution in [0.25, 0.3) is 0 Å². The van der Waals surface area contributed by atoms with Crippen LogP contribution >= 0.6 is 0 Å². The van der Waals surface area contributed by atoms with Crippen LogP contribution < -0.4 is 16.0 Å². The van der Waals surface area contributed by atoms with Crippen LogP contribution in [0.5, 0.6) is 5.75 Å². The molecule has 0 saturated heterocycles. The monoisotopic (exact) mass is 237 g/mol. The van der Waals surface area contributed by atoms with Gasteiger partial charge in [0.15, 0.2) is 0 Å². The number of ether oxygens (including phenoxy) is 1. The molecule has 4 nitrogen and oxygen atoms in total. The highest BCUT2D eigenvalue weighted by molar-refractivity contribution is 5.42. The van der Waals surface area contributed by atoms with E-state index < -0.39 is 0 Å². The Morgan fingerprint density at radius 3 is 2.41 bits per heavy atom. The molecule has 3 N–H and O–H groups in total. The Kier molecular flexibility index (Phi) is 4.93. The summed E-state index contributed by atoms with van der Waals surface area (Å²) in [4.78, 5) is 2.11. The first-order chi connectivity index (χ1) is 7.99. The Labute approximate surface area is 104 Å². The zero-order valence-corrected chi connectivity index (χ0v) is 11.4. The molecule has 1 aromatic rings. The Balaban J connectivity index is 3.07. The number of nitrogens with one attached hydrogen (secondary N) is 1. The molecule has 0 spiro atoms. The molecule has 96 valence electrons. The second kappa shape index (κ2) is 6.00. The van der Waals surface area contributed by atoms with Crippen LogP contribution in [-0.4, -0.2) is 32.6 Å². The SMILES string of the molecule is COc1cc(C)c(C(CN(C)C)NN)cc1C. The largest absolute Gasteiger partial charge is 0.496 e. The Bertz CT molecular complexity index is 377. The molecule has 0 aliphatic carbocycles. The van der Waals surface area contributed by atoms with Gasteiger partial charge in [-0.3, -0.25) is 11.3 Å². The van der Waals surface area contributed by atoms with Gasteiger partial charge in [-0.25, -0.2) is 0 Å². The maximum absolute atomic E-state index is 5.63. The van der Waals surface area contributed by atoms with Gasteiger partial charge in [0.05, 0.1) is 13.2 Å². The van der Waals surface area contributed by atoms with Crippen molar-refractivity contribution in [3.05, 3.63) is 28.8 Å². The summed E-state index contributed by atoms with van der Waals surface area (Å²) < 4.78 is 5.31. The van der Waals surface area contributed by atoms with Crippen LogP contribution in [0.15, 0.2) is 12.1 Å². The van der Waals surface area contributed by atoms with E-state index in [-0.39, 0.29) is 6.04 Å². The minimum atomic E-state index is 0.134. The highest BCUT2D eigenvalue weighted by atomic mass is 16.5. The van der Waals surface area contributed by atoms with Crippen LogP contribution in [0, 0.1) is 13.8 Å². The second-order valence-corrected chi connectivity index (χ2v) is 4.66. The quantitative estimate of drug-likeness (QED) is 0.600. The molecule has 0 fully saturated rings. The van der Waals surface area contributed by atoms with Gasteiger partial charge in [0.2, 0.25) is 0 Å². The summed E-state index contributed by atoms with van der Waals surface area (Å²) in [5.74, 6) is 6.56. The zero-order chi connectivity index (χ0) is 13.0. The standard InChI is InChI=1S/C13H23N3O/c1-9-7-13(17-5)10(2)6-11(9)12(15-14)8-16(3)4/h6-7,12,15H,8,14H2,1-5H3. The van der Waals surface area contributed by atoms with Crippen LogP contribution in [0.3, 0.4) is 0 Å². The molecule has 0 aliphatic rings. The van der Waals surface area contributed by atoms with Gasteiger partial charge in [0.1, 0.15) is 5.75 Å². The molecule has 1 aromatic carbocycles. The van der Waals surface area contributed by atoms with Gasteiger partial charge >= 0.3 is 0 Å². The number of hydrogen-bond acceptors (Lipinski definition) is 4. The average molecular weight is 237 g/mol. The maximum atomic E-state index is 5.63. The lowest BCUT2D eigenvalue weighted by Gasteiger charge is -2.23. The molecule has 0 bridgehead atoms. The fourth-order valence-electron chi connectivity index (χ4n) is 2.01. The van der Waals surface area contributed by atoms with E-state index in [1.165, 1.54) is 11.1 Å². The molecule has 0 saturated carbocycles. The van der Waals surface area contributed by atoms with Gasteiger partial charge < -0.3 is 9.64 Å². The van der Waals surface area contributed by atoms with E-state index in [2.05, 4.69) is 29.4 Å². The summed E-state index contributed by atoms with van der Waals surface area (Å²) in [6, 6.07) is 4.34. The Morgan fingerprint density at radius 2 is 1.94 bits per heavy atom. The van der Waals surface area contributed by atoms with Crippen LogP contribution in [0.2, 0.25) is 0 Å². The first-order valence-electron chi connectivity index (χ1n) is 5.75. The van der Waals surface area contributed by atoms with Crippen molar-refractivity contribution in [1.82, 2.24) is 10.3 Å². The predicted octanol–water partition coefficient (Wildman–Crippen LogP) is 1.38. The third-order valence-electron chi connectivity index (χ3n) is 2.91. The Morgan fingerprint density at radius 1 is 1.29 bits per heavy atom.